The maximum Gasteiger partial charge on any atom is 0.119 e. The number of allylic oxidation sites excluding steroid dienone is 1. The summed E-state index contributed by atoms with van der Waals surface area (Å²) in [6.45, 7) is 3.92. The van der Waals surface area contributed by atoms with Gasteiger partial charge >= 0.3 is 0 Å². The van der Waals surface area contributed by atoms with Gasteiger partial charge in [0.1, 0.15) is 12.4 Å². The van der Waals surface area contributed by atoms with Gasteiger partial charge in [0, 0.05) is 12.5 Å². The van der Waals surface area contributed by atoms with Crippen molar-refractivity contribution in [2.24, 2.45) is 0 Å². The predicted octanol–water partition coefficient (Wildman–Crippen LogP) is 5.70. The fourth-order valence-corrected chi connectivity index (χ4v) is 4.01. The van der Waals surface area contributed by atoms with Gasteiger partial charge in [0.2, 0.25) is 0 Å². The van der Waals surface area contributed by atoms with Crippen molar-refractivity contribution in [1.29, 1.82) is 0 Å². The second kappa shape index (κ2) is 8.04. The lowest BCUT2D eigenvalue weighted by molar-refractivity contribution is 0.261. The van der Waals surface area contributed by atoms with Crippen LogP contribution in [0.2, 0.25) is 0 Å². The highest BCUT2D eigenvalue weighted by Crippen LogP contribution is 2.49. The summed E-state index contributed by atoms with van der Waals surface area (Å²) < 4.78 is 5.88. The Morgan fingerprint density at radius 2 is 1.46 bits per heavy atom. The Bertz CT molecular complexity index is 971. The van der Waals surface area contributed by atoms with E-state index in [4.69, 9.17) is 4.74 Å². The minimum Gasteiger partial charge on any atom is -0.492 e. The van der Waals surface area contributed by atoms with Gasteiger partial charge < -0.3 is 9.64 Å². The fraction of sp³-hybridized carbons (Fsp3) is 0.231. The van der Waals surface area contributed by atoms with Crippen LogP contribution in [-0.2, 0) is 0 Å². The van der Waals surface area contributed by atoms with E-state index in [1.54, 1.807) is 0 Å². The number of nitrogens with zero attached hydrogens (tertiary/aromatic N) is 1. The van der Waals surface area contributed by atoms with Crippen LogP contribution in [0, 0.1) is 0 Å². The van der Waals surface area contributed by atoms with Gasteiger partial charge in [-0.3, -0.25) is 0 Å². The average molecular weight is 370 g/mol. The number of ether oxygens (including phenoxy) is 1. The Hall–Kier alpha value is -2.84. The van der Waals surface area contributed by atoms with Crippen LogP contribution in [-0.4, -0.2) is 32.1 Å². The maximum atomic E-state index is 5.88. The summed E-state index contributed by atoms with van der Waals surface area (Å²) >= 11 is 0. The van der Waals surface area contributed by atoms with Crippen molar-refractivity contribution < 1.29 is 4.74 Å². The van der Waals surface area contributed by atoms with E-state index in [0.717, 1.165) is 12.3 Å². The molecule has 0 fully saturated rings. The Kier molecular flexibility index (Phi) is 5.31. The zero-order valence-corrected chi connectivity index (χ0v) is 16.9. The number of hydrogen-bond acceptors (Lipinski definition) is 2. The number of hydrogen-bond donors (Lipinski definition) is 0. The lowest BCUT2D eigenvalue weighted by atomic mass is 9.91. The lowest BCUT2D eigenvalue weighted by Crippen LogP contribution is -2.19. The van der Waals surface area contributed by atoms with Crippen molar-refractivity contribution in [3.8, 4) is 5.75 Å². The molecule has 142 valence electrons. The van der Waals surface area contributed by atoms with Gasteiger partial charge in [-0.25, -0.2) is 0 Å². The molecule has 0 aromatic heterocycles. The predicted molar refractivity (Wildman–Crippen MR) is 118 cm³/mol. The molecule has 2 nitrogen and oxygen atoms in total. The summed E-state index contributed by atoms with van der Waals surface area (Å²) in [6.07, 6.45) is 0. The Labute approximate surface area is 168 Å². The molecule has 0 saturated heterocycles. The molecule has 1 aliphatic rings. The molecule has 4 rings (SSSR count). The highest BCUT2D eigenvalue weighted by atomic mass is 16.5. The fourth-order valence-electron chi connectivity index (χ4n) is 4.01. The number of rotatable bonds is 6. The summed E-state index contributed by atoms with van der Waals surface area (Å²) in [5.41, 5.74) is 8.04. The summed E-state index contributed by atoms with van der Waals surface area (Å²) in [6, 6.07) is 28.1. The minimum atomic E-state index is 0.379. The Morgan fingerprint density at radius 1 is 0.786 bits per heavy atom. The van der Waals surface area contributed by atoms with Crippen LogP contribution < -0.4 is 4.74 Å². The Morgan fingerprint density at radius 3 is 2.18 bits per heavy atom. The Balaban J connectivity index is 1.73. The molecule has 0 bridgehead atoms. The first-order chi connectivity index (χ1) is 13.6. The molecule has 3 aromatic carbocycles. The van der Waals surface area contributed by atoms with Gasteiger partial charge in [0.15, 0.2) is 0 Å². The first-order valence-electron chi connectivity index (χ1n) is 9.92. The van der Waals surface area contributed by atoms with E-state index in [2.05, 4.69) is 105 Å². The third-order valence-corrected chi connectivity index (χ3v) is 5.43. The topological polar surface area (TPSA) is 12.5 Å². The van der Waals surface area contributed by atoms with Crippen molar-refractivity contribution in [3.63, 3.8) is 0 Å². The van der Waals surface area contributed by atoms with Gasteiger partial charge in [-0.05, 0) is 59.6 Å². The van der Waals surface area contributed by atoms with Crippen LogP contribution in [0.15, 0.2) is 78.9 Å². The van der Waals surface area contributed by atoms with Crippen molar-refractivity contribution in [3.05, 3.63) is 101 Å². The molecule has 0 N–H and O–H groups in total. The molecular weight excluding hydrogens is 342 g/mol. The highest BCUT2D eigenvalue weighted by Gasteiger charge is 2.29. The lowest BCUT2D eigenvalue weighted by Gasteiger charge is -2.14. The largest absolute Gasteiger partial charge is 0.492 e. The van der Waals surface area contributed by atoms with Gasteiger partial charge in [-0.1, -0.05) is 73.7 Å². The monoisotopic (exact) mass is 369 g/mol. The first-order valence-corrected chi connectivity index (χ1v) is 9.92. The van der Waals surface area contributed by atoms with Crippen molar-refractivity contribution in [2.75, 3.05) is 27.2 Å². The van der Waals surface area contributed by atoms with E-state index in [0.29, 0.717) is 12.5 Å². The number of benzene rings is 3. The van der Waals surface area contributed by atoms with Crippen molar-refractivity contribution in [2.45, 2.75) is 12.8 Å². The number of fused-ring (bicyclic) bond motifs is 1. The smallest absolute Gasteiger partial charge is 0.119 e. The van der Waals surface area contributed by atoms with Crippen molar-refractivity contribution >= 4 is 11.1 Å². The second-order valence-electron chi connectivity index (χ2n) is 7.64. The molecule has 1 aliphatic carbocycles. The van der Waals surface area contributed by atoms with Crippen LogP contribution in [0.25, 0.3) is 11.1 Å². The molecular formula is C26H27NO. The quantitative estimate of drug-likeness (QED) is 0.552. The summed E-state index contributed by atoms with van der Waals surface area (Å²) in [5, 5.41) is 0. The molecule has 1 unspecified atom stereocenters. The zero-order chi connectivity index (χ0) is 19.5. The van der Waals surface area contributed by atoms with E-state index in [1.807, 2.05) is 0 Å². The summed E-state index contributed by atoms with van der Waals surface area (Å²) in [4.78, 5) is 2.13. The van der Waals surface area contributed by atoms with Gasteiger partial charge in [0.25, 0.3) is 0 Å². The van der Waals surface area contributed by atoms with Crippen LogP contribution in [0.5, 0.6) is 5.75 Å². The molecule has 0 amide bonds. The average Bonchev–Trinajstić information content (AvgIpc) is 3.02. The van der Waals surface area contributed by atoms with E-state index in [9.17, 15) is 0 Å². The molecule has 1 atom stereocenters. The highest BCUT2D eigenvalue weighted by molar-refractivity contribution is 6.05. The van der Waals surface area contributed by atoms with Gasteiger partial charge in [-0.2, -0.15) is 0 Å². The molecule has 2 heteroatoms. The molecule has 0 spiro atoms. The van der Waals surface area contributed by atoms with Crippen LogP contribution in [0.3, 0.4) is 0 Å². The zero-order valence-electron chi connectivity index (χ0n) is 16.9. The summed E-state index contributed by atoms with van der Waals surface area (Å²) in [5.74, 6) is 1.30. The molecule has 3 aromatic rings. The third-order valence-electron chi connectivity index (χ3n) is 5.43. The normalized spacial score (nSPS) is 15.8. The van der Waals surface area contributed by atoms with Crippen LogP contribution >= 0.6 is 0 Å². The molecule has 0 aliphatic heterocycles. The van der Waals surface area contributed by atoms with Gasteiger partial charge in [0.05, 0.1) is 0 Å². The summed E-state index contributed by atoms with van der Waals surface area (Å²) in [7, 11) is 4.12. The minimum absolute atomic E-state index is 0.379. The SMILES string of the molecule is CC1C(c2ccccc2)=C(c2ccc(OCCN(C)C)cc2)c2ccccc21. The third kappa shape index (κ3) is 3.61. The molecule has 28 heavy (non-hydrogen) atoms. The van der Waals surface area contributed by atoms with E-state index < -0.39 is 0 Å². The van der Waals surface area contributed by atoms with E-state index in [1.165, 1.54) is 33.4 Å². The molecule has 0 saturated carbocycles. The molecule has 0 radical (unpaired) electrons. The van der Waals surface area contributed by atoms with E-state index in [-0.39, 0.29) is 0 Å². The number of likely N-dealkylation sites (N-methyl/N-ethyl adjacent to an activating group) is 1. The maximum absolute atomic E-state index is 5.88. The second-order valence-corrected chi connectivity index (χ2v) is 7.64. The molecule has 0 heterocycles. The van der Waals surface area contributed by atoms with Crippen LogP contribution in [0.4, 0.5) is 0 Å². The van der Waals surface area contributed by atoms with Gasteiger partial charge in [-0.15, -0.1) is 0 Å². The van der Waals surface area contributed by atoms with Crippen molar-refractivity contribution in [1.82, 2.24) is 4.90 Å². The standard InChI is InChI=1S/C26H27NO/c1-19-23-11-7-8-12-24(23)26(25(19)20-9-5-4-6-10-20)21-13-15-22(16-14-21)28-18-17-27(2)3/h4-16,19H,17-18H2,1-3H3. The first kappa shape index (κ1) is 18.5. The van der Waals surface area contributed by atoms with E-state index >= 15 is 0 Å². The van der Waals surface area contributed by atoms with Crippen LogP contribution in [0.1, 0.15) is 35.1 Å².